The quantitative estimate of drug-likeness (QED) is 0.648. The molecular weight excluding hydrogens is 264 g/mol. The minimum atomic E-state index is -1.18. The van der Waals surface area contributed by atoms with Crippen LogP contribution in [0.2, 0.25) is 0 Å². The van der Waals surface area contributed by atoms with Crippen LogP contribution in [0.25, 0.3) is 0 Å². The van der Waals surface area contributed by atoms with Crippen LogP contribution in [0.15, 0.2) is 18.2 Å². The summed E-state index contributed by atoms with van der Waals surface area (Å²) in [5, 5.41) is 23.0. The summed E-state index contributed by atoms with van der Waals surface area (Å²) >= 11 is 0. The number of hydrogen-bond donors (Lipinski definition) is 2. The normalized spacial score (nSPS) is 22.2. The molecule has 0 aliphatic carbocycles. The zero-order chi connectivity index (χ0) is 14.7. The molecule has 2 rings (SSSR count). The molecule has 108 valence electrons. The first kappa shape index (κ1) is 14.3. The van der Waals surface area contributed by atoms with Crippen LogP contribution >= 0.6 is 0 Å². The molecule has 0 aromatic heterocycles. The second-order valence-corrected chi connectivity index (χ2v) is 4.84. The van der Waals surface area contributed by atoms with Gasteiger partial charge in [0.1, 0.15) is 5.69 Å². The Hall–Kier alpha value is -2.15. The fourth-order valence-corrected chi connectivity index (χ4v) is 2.29. The van der Waals surface area contributed by atoms with E-state index in [1.165, 1.54) is 12.1 Å². The van der Waals surface area contributed by atoms with E-state index in [-0.39, 0.29) is 23.4 Å². The highest BCUT2D eigenvalue weighted by Gasteiger charge is 2.23. The Bertz CT molecular complexity index is 531. The van der Waals surface area contributed by atoms with E-state index in [1.54, 1.807) is 0 Å². The van der Waals surface area contributed by atoms with Gasteiger partial charge in [-0.05, 0) is 31.9 Å². The highest BCUT2D eigenvalue weighted by molar-refractivity contribution is 5.89. The van der Waals surface area contributed by atoms with Crippen molar-refractivity contribution in [1.29, 1.82) is 0 Å². The van der Waals surface area contributed by atoms with Gasteiger partial charge in [-0.3, -0.25) is 10.1 Å². The average Bonchev–Trinajstić information content (AvgIpc) is 2.38. The van der Waals surface area contributed by atoms with E-state index in [0.717, 1.165) is 18.9 Å². The summed E-state index contributed by atoms with van der Waals surface area (Å²) in [5.74, 6) is -1.18. The number of nitro benzene ring substituents is 1. The summed E-state index contributed by atoms with van der Waals surface area (Å²) in [6.07, 6.45) is 1.64. The molecule has 1 fully saturated rings. The number of aromatic carboxylic acids is 1. The number of benzene rings is 1. The first-order chi connectivity index (χ1) is 9.47. The molecule has 0 radical (unpaired) electrons. The summed E-state index contributed by atoms with van der Waals surface area (Å²) in [5.41, 5.74) is 0.0331. The number of carboxylic acids is 1. The first-order valence-corrected chi connectivity index (χ1v) is 6.37. The number of carboxylic acid groups (broad SMARTS) is 1. The molecule has 2 unspecified atom stereocenters. The number of hydrogen-bond acceptors (Lipinski definition) is 5. The van der Waals surface area contributed by atoms with Crippen LogP contribution in [0.4, 0.5) is 11.4 Å². The predicted octanol–water partition coefficient (Wildman–Crippen LogP) is 2.27. The largest absolute Gasteiger partial charge is 0.478 e. The van der Waals surface area contributed by atoms with Crippen molar-refractivity contribution in [2.45, 2.75) is 31.9 Å². The second-order valence-electron chi connectivity index (χ2n) is 4.84. The van der Waals surface area contributed by atoms with Crippen LogP contribution in [0.3, 0.4) is 0 Å². The fourth-order valence-electron chi connectivity index (χ4n) is 2.29. The molecule has 20 heavy (non-hydrogen) atoms. The van der Waals surface area contributed by atoms with E-state index in [1.807, 2.05) is 6.92 Å². The van der Waals surface area contributed by atoms with Crippen molar-refractivity contribution in [3.8, 4) is 0 Å². The van der Waals surface area contributed by atoms with Crippen molar-refractivity contribution in [3.05, 3.63) is 33.9 Å². The van der Waals surface area contributed by atoms with Gasteiger partial charge < -0.3 is 15.2 Å². The second kappa shape index (κ2) is 5.87. The third kappa shape index (κ3) is 3.24. The van der Waals surface area contributed by atoms with Gasteiger partial charge >= 0.3 is 5.97 Å². The van der Waals surface area contributed by atoms with Gasteiger partial charge in [-0.25, -0.2) is 4.79 Å². The summed E-state index contributed by atoms with van der Waals surface area (Å²) in [4.78, 5) is 21.3. The van der Waals surface area contributed by atoms with Gasteiger partial charge in [-0.1, -0.05) is 0 Å². The molecular formula is C13H16N2O5. The van der Waals surface area contributed by atoms with E-state index in [9.17, 15) is 14.9 Å². The van der Waals surface area contributed by atoms with Gasteiger partial charge in [-0.2, -0.15) is 0 Å². The monoisotopic (exact) mass is 280 g/mol. The zero-order valence-corrected chi connectivity index (χ0v) is 11.0. The van der Waals surface area contributed by atoms with Crippen LogP contribution in [-0.2, 0) is 4.74 Å². The molecule has 7 nitrogen and oxygen atoms in total. The fraction of sp³-hybridized carbons (Fsp3) is 0.462. The molecule has 2 N–H and O–H groups in total. The molecule has 1 aromatic carbocycles. The van der Waals surface area contributed by atoms with Crippen molar-refractivity contribution in [3.63, 3.8) is 0 Å². The predicted molar refractivity (Wildman–Crippen MR) is 72.1 cm³/mol. The van der Waals surface area contributed by atoms with Gasteiger partial charge in [0.2, 0.25) is 0 Å². The van der Waals surface area contributed by atoms with Crippen molar-refractivity contribution < 1.29 is 19.6 Å². The maximum absolute atomic E-state index is 11.1. The topological polar surface area (TPSA) is 102 Å². The van der Waals surface area contributed by atoms with Gasteiger partial charge in [-0.15, -0.1) is 0 Å². The molecule has 1 heterocycles. The van der Waals surface area contributed by atoms with E-state index >= 15 is 0 Å². The highest BCUT2D eigenvalue weighted by Crippen LogP contribution is 2.28. The van der Waals surface area contributed by atoms with Gasteiger partial charge in [0.25, 0.3) is 5.69 Å². The Balaban J connectivity index is 2.22. The summed E-state index contributed by atoms with van der Waals surface area (Å²) in [6.45, 7) is 2.57. The Morgan fingerprint density at radius 3 is 2.90 bits per heavy atom. The number of rotatable bonds is 4. The minimum absolute atomic E-state index is 0.0909. The molecule has 1 saturated heterocycles. The lowest BCUT2D eigenvalue weighted by Crippen LogP contribution is -2.32. The van der Waals surface area contributed by atoms with Crippen molar-refractivity contribution in [2.75, 3.05) is 11.9 Å². The maximum atomic E-state index is 11.1. The SMILES string of the molecule is CC1CC(Nc2ccc(C(=O)O)cc2[N+](=O)[O-])CCO1. The maximum Gasteiger partial charge on any atom is 0.335 e. The van der Waals surface area contributed by atoms with E-state index < -0.39 is 10.9 Å². The van der Waals surface area contributed by atoms with Crippen molar-refractivity contribution >= 4 is 17.3 Å². The average molecular weight is 280 g/mol. The molecule has 0 bridgehead atoms. The van der Waals surface area contributed by atoms with E-state index in [2.05, 4.69) is 5.32 Å². The third-order valence-corrected chi connectivity index (χ3v) is 3.29. The number of nitro groups is 1. The lowest BCUT2D eigenvalue weighted by Gasteiger charge is -2.28. The standard InChI is InChI=1S/C13H16N2O5/c1-8-6-10(4-5-20-8)14-11-3-2-9(13(16)17)7-12(11)15(18)19/h2-3,7-8,10,14H,4-6H2,1H3,(H,16,17). The van der Waals surface area contributed by atoms with E-state index in [4.69, 9.17) is 9.84 Å². The van der Waals surface area contributed by atoms with Crippen LogP contribution in [0, 0.1) is 10.1 Å². The lowest BCUT2D eigenvalue weighted by atomic mass is 10.0. The lowest BCUT2D eigenvalue weighted by molar-refractivity contribution is -0.384. The Morgan fingerprint density at radius 1 is 1.55 bits per heavy atom. The molecule has 0 saturated carbocycles. The van der Waals surface area contributed by atoms with Crippen LogP contribution in [-0.4, -0.2) is 34.8 Å². The Kier molecular flexibility index (Phi) is 4.19. The van der Waals surface area contributed by atoms with Crippen LogP contribution in [0.5, 0.6) is 0 Å². The van der Waals surface area contributed by atoms with Gasteiger partial charge in [0.15, 0.2) is 0 Å². The van der Waals surface area contributed by atoms with Crippen molar-refractivity contribution in [1.82, 2.24) is 0 Å². The first-order valence-electron chi connectivity index (χ1n) is 6.37. The number of anilines is 1. The van der Waals surface area contributed by atoms with Crippen LogP contribution < -0.4 is 5.32 Å². The summed E-state index contributed by atoms with van der Waals surface area (Å²) < 4.78 is 5.42. The number of ether oxygens (including phenoxy) is 1. The van der Waals surface area contributed by atoms with Crippen molar-refractivity contribution in [2.24, 2.45) is 0 Å². The molecule has 1 aliphatic rings. The number of nitrogens with one attached hydrogen (secondary N) is 1. The summed E-state index contributed by atoms with van der Waals surface area (Å²) in [7, 11) is 0. The molecule has 1 aromatic rings. The number of nitrogens with zero attached hydrogens (tertiary/aromatic N) is 1. The Morgan fingerprint density at radius 2 is 2.30 bits per heavy atom. The molecule has 1 aliphatic heterocycles. The number of carbonyl (C=O) groups is 1. The van der Waals surface area contributed by atoms with E-state index in [0.29, 0.717) is 12.3 Å². The smallest absolute Gasteiger partial charge is 0.335 e. The Labute approximate surface area is 115 Å². The van der Waals surface area contributed by atoms with Gasteiger partial charge in [0.05, 0.1) is 16.6 Å². The molecule has 7 heteroatoms. The molecule has 0 amide bonds. The molecule has 2 atom stereocenters. The third-order valence-electron chi connectivity index (χ3n) is 3.29. The minimum Gasteiger partial charge on any atom is -0.478 e. The zero-order valence-electron chi connectivity index (χ0n) is 11.0. The summed E-state index contributed by atoms with van der Waals surface area (Å²) in [6, 6.07) is 3.98. The molecule has 0 spiro atoms. The highest BCUT2D eigenvalue weighted by atomic mass is 16.6. The van der Waals surface area contributed by atoms with Gasteiger partial charge in [0, 0.05) is 18.7 Å². The van der Waals surface area contributed by atoms with Crippen LogP contribution in [0.1, 0.15) is 30.1 Å².